The molecule has 2 fully saturated rings. The second-order valence-electron chi connectivity index (χ2n) is 7.80. The minimum Gasteiger partial charge on any atom is -0.391 e. The predicted octanol–water partition coefficient (Wildman–Crippen LogP) is 2.16. The lowest BCUT2D eigenvalue weighted by Gasteiger charge is -2.34. The molecular formula is C19H27N3O3. The standard InChI is InChI=1S/C19H27N3O3/c1-19(2)13-22(12-16(19)23)17(24)14-7-6-10-21(11-14)18(25)20-15-8-4-3-5-9-15/h3-5,8-9,14,16,23H,6-7,10-13H2,1-2H3,(H,20,25)/t14-,16-/m1/s1. The van der Waals surface area contributed by atoms with E-state index < -0.39 is 6.10 Å². The van der Waals surface area contributed by atoms with Crippen molar-refractivity contribution >= 4 is 17.6 Å². The largest absolute Gasteiger partial charge is 0.391 e. The van der Waals surface area contributed by atoms with Crippen LogP contribution in [0.2, 0.25) is 0 Å². The summed E-state index contributed by atoms with van der Waals surface area (Å²) in [6.07, 6.45) is 1.12. The number of nitrogens with one attached hydrogen (secondary N) is 1. The van der Waals surface area contributed by atoms with Gasteiger partial charge in [0.05, 0.1) is 12.0 Å². The highest BCUT2D eigenvalue weighted by molar-refractivity contribution is 5.90. The number of piperidine rings is 1. The molecule has 2 aliphatic heterocycles. The van der Waals surface area contributed by atoms with Crippen LogP contribution in [0, 0.1) is 11.3 Å². The van der Waals surface area contributed by atoms with E-state index in [1.165, 1.54) is 0 Å². The van der Waals surface area contributed by atoms with Crippen LogP contribution >= 0.6 is 0 Å². The summed E-state index contributed by atoms with van der Waals surface area (Å²) in [4.78, 5) is 28.8. The van der Waals surface area contributed by atoms with Crippen LogP contribution in [0.1, 0.15) is 26.7 Å². The van der Waals surface area contributed by atoms with Crippen molar-refractivity contribution in [2.75, 3.05) is 31.5 Å². The molecule has 3 amide bonds. The smallest absolute Gasteiger partial charge is 0.321 e. The summed E-state index contributed by atoms with van der Waals surface area (Å²) >= 11 is 0. The van der Waals surface area contributed by atoms with Crippen LogP contribution in [0.4, 0.5) is 10.5 Å². The summed E-state index contributed by atoms with van der Waals surface area (Å²) in [6, 6.07) is 9.18. The Bertz CT molecular complexity index is 632. The van der Waals surface area contributed by atoms with Gasteiger partial charge in [-0.05, 0) is 25.0 Å². The van der Waals surface area contributed by atoms with E-state index in [0.717, 1.165) is 18.5 Å². The number of amides is 3. The first kappa shape index (κ1) is 17.7. The van der Waals surface area contributed by atoms with Gasteiger partial charge in [-0.3, -0.25) is 4.79 Å². The summed E-state index contributed by atoms with van der Waals surface area (Å²) in [5, 5.41) is 13.0. The number of para-hydroxylation sites is 1. The number of hydrogen-bond donors (Lipinski definition) is 2. The number of likely N-dealkylation sites (tertiary alicyclic amines) is 2. The van der Waals surface area contributed by atoms with Crippen LogP contribution in [0.3, 0.4) is 0 Å². The molecule has 2 saturated heterocycles. The summed E-state index contributed by atoms with van der Waals surface area (Å²) < 4.78 is 0. The Morgan fingerprint density at radius 3 is 2.52 bits per heavy atom. The number of benzene rings is 1. The Kier molecular flexibility index (Phi) is 4.99. The van der Waals surface area contributed by atoms with E-state index in [4.69, 9.17) is 0 Å². The Morgan fingerprint density at radius 1 is 1.16 bits per heavy atom. The number of carbonyl (C=O) groups excluding carboxylic acids is 2. The van der Waals surface area contributed by atoms with Crippen LogP contribution in [0.25, 0.3) is 0 Å². The molecule has 2 N–H and O–H groups in total. The third-order valence-corrected chi connectivity index (χ3v) is 5.29. The van der Waals surface area contributed by atoms with E-state index in [1.807, 2.05) is 44.2 Å². The van der Waals surface area contributed by atoms with Gasteiger partial charge in [-0.2, -0.15) is 0 Å². The minimum atomic E-state index is -0.488. The Hall–Kier alpha value is -2.08. The maximum absolute atomic E-state index is 12.8. The van der Waals surface area contributed by atoms with Gasteiger partial charge in [0.1, 0.15) is 0 Å². The molecule has 0 unspecified atom stereocenters. The van der Waals surface area contributed by atoms with Gasteiger partial charge < -0.3 is 20.2 Å². The van der Waals surface area contributed by atoms with E-state index in [0.29, 0.717) is 26.2 Å². The fraction of sp³-hybridized carbons (Fsp3) is 0.579. The highest BCUT2D eigenvalue weighted by atomic mass is 16.3. The molecule has 6 heteroatoms. The molecule has 2 atom stereocenters. The van der Waals surface area contributed by atoms with Crippen molar-refractivity contribution in [3.63, 3.8) is 0 Å². The van der Waals surface area contributed by atoms with Gasteiger partial charge in [-0.1, -0.05) is 32.0 Å². The lowest BCUT2D eigenvalue weighted by atomic mass is 9.90. The van der Waals surface area contributed by atoms with Crippen molar-refractivity contribution in [1.82, 2.24) is 9.80 Å². The number of carbonyl (C=O) groups is 2. The molecule has 0 radical (unpaired) electrons. The van der Waals surface area contributed by atoms with Gasteiger partial charge in [-0.15, -0.1) is 0 Å². The van der Waals surface area contributed by atoms with Crippen LogP contribution in [0.15, 0.2) is 30.3 Å². The van der Waals surface area contributed by atoms with Gasteiger partial charge in [0.25, 0.3) is 0 Å². The number of urea groups is 1. The monoisotopic (exact) mass is 345 g/mol. The first-order valence-electron chi connectivity index (χ1n) is 8.94. The number of hydrogen-bond acceptors (Lipinski definition) is 3. The molecule has 136 valence electrons. The third kappa shape index (κ3) is 3.95. The topological polar surface area (TPSA) is 72.9 Å². The minimum absolute atomic E-state index is 0.0573. The zero-order valence-electron chi connectivity index (χ0n) is 14.9. The van der Waals surface area contributed by atoms with Gasteiger partial charge in [-0.25, -0.2) is 4.79 Å². The number of β-amino-alcohol motifs (C(OH)–C–C–N with tert-alkyl or cyclic N) is 1. The lowest BCUT2D eigenvalue weighted by Crippen LogP contribution is -2.47. The normalized spacial score (nSPS) is 25.7. The maximum atomic E-state index is 12.8. The molecule has 2 aliphatic rings. The van der Waals surface area contributed by atoms with Crippen molar-refractivity contribution in [2.24, 2.45) is 11.3 Å². The third-order valence-electron chi connectivity index (χ3n) is 5.29. The quantitative estimate of drug-likeness (QED) is 0.863. The van der Waals surface area contributed by atoms with Crippen LogP contribution in [0.5, 0.6) is 0 Å². The average molecular weight is 345 g/mol. The SMILES string of the molecule is CC1(C)CN(C(=O)[C@@H]2CCCN(C(=O)Nc3ccccc3)C2)C[C@H]1O. The van der Waals surface area contributed by atoms with E-state index >= 15 is 0 Å². The summed E-state index contributed by atoms with van der Waals surface area (Å²) in [5.41, 5.74) is 0.486. The molecule has 1 aromatic rings. The van der Waals surface area contributed by atoms with Crippen molar-refractivity contribution in [3.05, 3.63) is 30.3 Å². The summed E-state index contributed by atoms with van der Waals surface area (Å²) in [7, 11) is 0. The fourth-order valence-corrected chi connectivity index (χ4v) is 3.63. The van der Waals surface area contributed by atoms with Crippen molar-refractivity contribution in [1.29, 1.82) is 0 Å². The molecule has 0 bridgehead atoms. The van der Waals surface area contributed by atoms with Crippen molar-refractivity contribution < 1.29 is 14.7 Å². The van der Waals surface area contributed by atoms with Gasteiger partial charge in [0.15, 0.2) is 0 Å². The molecule has 0 aromatic heterocycles. The molecule has 25 heavy (non-hydrogen) atoms. The first-order valence-corrected chi connectivity index (χ1v) is 8.94. The van der Waals surface area contributed by atoms with E-state index in [1.54, 1.807) is 9.80 Å². The number of anilines is 1. The van der Waals surface area contributed by atoms with Crippen LogP contribution < -0.4 is 5.32 Å². The zero-order valence-corrected chi connectivity index (χ0v) is 14.9. The number of aliphatic hydroxyl groups excluding tert-OH is 1. The van der Waals surface area contributed by atoms with E-state index in [9.17, 15) is 14.7 Å². The fourth-order valence-electron chi connectivity index (χ4n) is 3.63. The highest BCUT2D eigenvalue weighted by Gasteiger charge is 2.42. The predicted molar refractivity (Wildman–Crippen MR) is 96.1 cm³/mol. The molecule has 0 aliphatic carbocycles. The number of aliphatic hydroxyl groups is 1. The second kappa shape index (κ2) is 7.04. The first-order chi connectivity index (χ1) is 11.9. The Balaban J connectivity index is 1.59. The van der Waals surface area contributed by atoms with E-state index in [-0.39, 0.29) is 23.3 Å². The van der Waals surface area contributed by atoms with E-state index in [2.05, 4.69) is 5.32 Å². The van der Waals surface area contributed by atoms with Gasteiger partial charge >= 0.3 is 6.03 Å². The zero-order chi connectivity index (χ0) is 18.0. The molecular weight excluding hydrogens is 318 g/mol. The molecule has 3 rings (SSSR count). The summed E-state index contributed by atoms with van der Waals surface area (Å²) in [6.45, 7) is 6.01. The molecule has 0 spiro atoms. The number of rotatable bonds is 2. The maximum Gasteiger partial charge on any atom is 0.321 e. The second-order valence-corrected chi connectivity index (χ2v) is 7.80. The molecule has 1 aromatic carbocycles. The van der Waals surface area contributed by atoms with Crippen LogP contribution in [-0.4, -0.2) is 59.1 Å². The Morgan fingerprint density at radius 2 is 1.88 bits per heavy atom. The lowest BCUT2D eigenvalue weighted by molar-refractivity contribution is -0.136. The molecule has 0 saturated carbocycles. The number of nitrogens with zero attached hydrogens (tertiary/aromatic N) is 2. The molecule has 6 nitrogen and oxygen atoms in total. The van der Waals surface area contributed by atoms with Gasteiger partial charge in [0, 0.05) is 37.3 Å². The van der Waals surface area contributed by atoms with Crippen molar-refractivity contribution in [2.45, 2.75) is 32.8 Å². The Labute approximate surface area is 148 Å². The van der Waals surface area contributed by atoms with Crippen molar-refractivity contribution in [3.8, 4) is 0 Å². The van der Waals surface area contributed by atoms with Crippen LogP contribution in [-0.2, 0) is 4.79 Å². The van der Waals surface area contributed by atoms with Gasteiger partial charge in [0.2, 0.25) is 5.91 Å². The highest BCUT2D eigenvalue weighted by Crippen LogP contribution is 2.31. The average Bonchev–Trinajstić information content (AvgIpc) is 2.88. The molecule has 2 heterocycles. The summed E-state index contributed by atoms with van der Waals surface area (Å²) in [5.74, 6) is -0.127.